The zero-order valence-electron chi connectivity index (χ0n) is 9.57. The number of hydrogen-bond acceptors (Lipinski definition) is 5. The minimum atomic E-state index is -0.910. The maximum Gasteiger partial charge on any atom is 0.313 e. The number of benzene rings is 1. The van der Waals surface area contributed by atoms with Crippen molar-refractivity contribution in [1.82, 2.24) is 14.8 Å². The first-order chi connectivity index (χ1) is 8.59. The Morgan fingerprint density at radius 3 is 2.78 bits per heavy atom. The van der Waals surface area contributed by atoms with E-state index in [1.807, 2.05) is 0 Å². The lowest BCUT2D eigenvalue weighted by Gasteiger charge is -2.04. The third kappa shape index (κ3) is 2.45. The van der Waals surface area contributed by atoms with Gasteiger partial charge in [-0.2, -0.15) is 0 Å². The van der Waals surface area contributed by atoms with Crippen molar-refractivity contribution < 1.29 is 15.0 Å². The third-order valence-corrected chi connectivity index (χ3v) is 3.31. The van der Waals surface area contributed by atoms with Gasteiger partial charge in [0.25, 0.3) is 0 Å². The first-order valence-electron chi connectivity index (χ1n) is 5.12. The summed E-state index contributed by atoms with van der Waals surface area (Å²) < 4.78 is 1.66. The Kier molecular flexibility index (Phi) is 3.52. The normalized spacial score (nSPS) is 10.5. The summed E-state index contributed by atoms with van der Waals surface area (Å²) in [7, 11) is 1.73. The van der Waals surface area contributed by atoms with Crippen LogP contribution in [0.1, 0.15) is 0 Å². The maximum absolute atomic E-state index is 10.5. The van der Waals surface area contributed by atoms with Crippen LogP contribution in [-0.2, 0) is 11.8 Å². The van der Waals surface area contributed by atoms with Gasteiger partial charge in [0.15, 0.2) is 11.0 Å². The molecule has 0 radical (unpaired) electrons. The van der Waals surface area contributed by atoms with Crippen LogP contribution in [0.25, 0.3) is 11.4 Å². The average molecular weight is 265 g/mol. The Bertz CT molecular complexity index is 583. The van der Waals surface area contributed by atoms with Gasteiger partial charge in [-0.05, 0) is 12.1 Å². The summed E-state index contributed by atoms with van der Waals surface area (Å²) in [5, 5.41) is 26.7. The van der Waals surface area contributed by atoms with Crippen LogP contribution in [0.2, 0.25) is 0 Å². The van der Waals surface area contributed by atoms with Crippen LogP contribution >= 0.6 is 11.8 Å². The maximum atomic E-state index is 10.5. The van der Waals surface area contributed by atoms with Crippen LogP contribution in [0.4, 0.5) is 0 Å². The third-order valence-electron chi connectivity index (χ3n) is 2.30. The molecule has 18 heavy (non-hydrogen) atoms. The van der Waals surface area contributed by atoms with E-state index >= 15 is 0 Å². The zero-order chi connectivity index (χ0) is 13.1. The summed E-state index contributed by atoms with van der Waals surface area (Å²) in [5.41, 5.74) is 0.565. The average Bonchev–Trinajstić information content (AvgIpc) is 2.69. The van der Waals surface area contributed by atoms with E-state index in [4.69, 9.17) is 5.11 Å². The molecular weight excluding hydrogens is 254 g/mol. The molecule has 0 aliphatic heterocycles. The number of carbonyl (C=O) groups is 1. The molecule has 0 spiro atoms. The molecule has 2 rings (SSSR count). The molecule has 1 aromatic heterocycles. The molecule has 7 heteroatoms. The van der Waals surface area contributed by atoms with Gasteiger partial charge >= 0.3 is 5.97 Å². The van der Waals surface area contributed by atoms with Gasteiger partial charge in [0.05, 0.1) is 11.3 Å². The number of nitrogens with zero attached hydrogens (tertiary/aromatic N) is 3. The molecule has 1 aromatic carbocycles. The highest BCUT2D eigenvalue weighted by Gasteiger charge is 2.14. The van der Waals surface area contributed by atoms with Crippen molar-refractivity contribution in [2.75, 3.05) is 5.75 Å². The first kappa shape index (κ1) is 12.4. The van der Waals surface area contributed by atoms with E-state index in [0.29, 0.717) is 16.5 Å². The summed E-state index contributed by atoms with van der Waals surface area (Å²) in [6.07, 6.45) is 0. The Labute approximate surface area is 107 Å². The van der Waals surface area contributed by atoms with Crippen LogP contribution in [-0.4, -0.2) is 36.7 Å². The molecule has 6 nitrogen and oxygen atoms in total. The second-order valence-corrected chi connectivity index (χ2v) is 4.51. The Morgan fingerprint density at radius 2 is 2.11 bits per heavy atom. The van der Waals surface area contributed by atoms with Crippen molar-refractivity contribution in [2.45, 2.75) is 5.16 Å². The smallest absolute Gasteiger partial charge is 0.313 e. The Hall–Kier alpha value is -2.02. The van der Waals surface area contributed by atoms with Gasteiger partial charge in [-0.1, -0.05) is 23.9 Å². The van der Waals surface area contributed by atoms with Gasteiger partial charge < -0.3 is 14.8 Å². The number of hydrogen-bond donors (Lipinski definition) is 2. The second-order valence-electron chi connectivity index (χ2n) is 3.56. The van der Waals surface area contributed by atoms with Crippen molar-refractivity contribution in [1.29, 1.82) is 0 Å². The van der Waals surface area contributed by atoms with Gasteiger partial charge in [0.2, 0.25) is 0 Å². The highest BCUT2D eigenvalue weighted by Crippen LogP contribution is 2.28. The summed E-state index contributed by atoms with van der Waals surface area (Å²) in [5.74, 6) is -0.372. The first-order valence-corrected chi connectivity index (χ1v) is 6.10. The van der Waals surface area contributed by atoms with Gasteiger partial charge in [-0.25, -0.2) is 0 Å². The van der Waals surface area contributed by atoms with Crippen molar-refractivity contribution in [3.05, 3.63) is 24.3 Å². The van der Waals surface area contributed by atoms with Crippen molar-refractivity contribution in [3.8, 4) is 17.1 Å². The molecule has 0 aliphatic rings. The van der Waals surface area contributed by atoms with Crippen molar-refractivity contribution >= 4 is 17.7 Å². The molecule has 2 aromatic rings. The predicted molar refractivity (Wildman–Crippen MR) is 66.5 cm³/mol. The van der Waals surface area contributed by atoms with Gasteiger partial charge in [0, 0.05) is 7.05 Å². The zero-order valence-corrected chi connectivity index (χ0v) is 10.4. The van der Waals surface area contributed by atoms with Crippen LogP contribution < -0.4 is 0 Å². The largest absolute Gasteiger partial charge is 0.507 e. The lowest BCUT2D eigenvalue weighted by molar-refractivity contribution is -0.133. The summed E-state index contributed by atoms with van der Waals surface area (Å²) in [6.45, 7) is 0. The van der Waals surface area contributed by atoms with E-state index in [-0.39, 0.29) is 11.5 Å². The number of aliphatic carboxylic acids is 1. The predicted octanol–water partition coefficient (Wildman–Crippen LogP) is 1.36. The standard InChI is InChI=1S/C11H11N3O3S/c1-14-10(7-4-2-3-5-8(7)15)12-13-11(14)18-6-9(16)17/h2-5,15H,6H2,1H3,(H,16,17). The highest BCUT2D eigenvalue weighted by molar-refractivity contribution is 7.99. The lowest BCUT2D eigenvalue weighted by Crippen LogP contribution is -2.01. The van der Waals surface area contributed by atoms with Crippen molar-refractivity contribution in [2.24, 2.45) is 7.05 Å². The van der Waals surface area contributed by atoms with Gasteiger partial charge in [-0.15, -0.1) is 10.2 Å². The summed E-state index contributed by atoms with van der Waals surface area (Å²) >= 11 is 1.08. The second kappa shape index (κ2) is 5.09. The molecule has 0 unspecified atom stereocenters. The number of thioether (sulfide) groups is 1. The van der Waals surface area contributed by atoms with Gasteiger partial charge in [0.1, 0.15) is 5.75 Å². The number of aromatic nitrogens is 3. The fourth-order valence-electron chi connectivity index (χ4n) is 1.46. The summed E-state index contributed by atoms with van der Waals surface area (Å²) in [6, 6.07) is 6.79. The number of phenols is 1. The molecule has 2 N–H and O–H groups in total. The fourth-order valence-corrected chi connectivity index (χ4v) is 2.10. The van der Waals surface area contributed by atoms with E-state index in [1.165, 1.54) is 0 Å². The molecule has 0 atom stereocenters. The molecule has 0 saturated heterocycles. The molecule has 0 saturated carbocycles. The molecule has 0 aliphatic carbocycles. The van der Waals surface area contributed by atoms with Crippen LogP contribution in [0.5, 0.6) is 5.75 Å². The van der Waals surface area contributed by atoms with E-state index in [9.17, 15) is 9.90 Å². The number of carboxylic acids is 1. The Balaban J connectivity index is 2.31. The van der Waals surface area contributed by atoms with E-state index in [0.717, 1.165) is 11.8 Å². The van der Waals surface area contributed by atoms with Crippen molar-refractivity contribution in [3.63, 3.8) is 0 Å². The topological polar surface area (TPSA) is 88.2 Å². The molecule has 1 heterocycles. The SMILES string of the molecule is Cn1c(SCC(=O)O)nnc1-c1ccccc1O. The minimum absolute atomic E-state index is 0.0766. The Morgan fingerprint density at radius 1 is 1.39 bits per heavy atom. The number of carboxylic acid groups (broad SMARTS) is 1. The highest BCUT2D eigenvalue weighted by atomic mass is 32.2. The van der Waals surface area contributed by atoms with E-state index in [1.54, 1.807) is 35.9 Å². The number of rotatable bonds is 4. The monoisotopic (exact) mass is 265 g/mol. The van der Waals surface area contributed by atoms with Gasteiger partial charge in [-0.3, -0.25) is 4.79 Å². The van der Waals surface area contributed by atoms with E-state index < -0.39 is 5.97 Å². The quantitative estimate of drug-likeness (QED) is 0.812. The molecule has 0 amide bonds. The molecule has 94 valence electrons. The van der Waals surface area contributed by atoms with Crippen LogP contribution in [0, 0.1) is 0 Å². The fraction of sp³-hybridized carbons (Fsp3) is 0.182. The molecule has 0 bridgehead atoms. The minimum Gasteiger partial charge on any atom is -0.507 e. The summed E-state index contributed by atoms with van der Waals surface area (Å²) in [4.78, 5) is 10.5. The van der Waals surface area contributed by atoms with Crippen LogP contribution in [0.15, 0.2) is 29.4 Å². The lowest BCUT2D eigenvalue weighted by atomic mass is 10.2. The molecular formula is C11H11N3O3S. The number of phenolic OH excluding ortho intramolecular Hbond substituents is 1. The molecule has 0 fully saturated rings. The van der Waals surface area contributed by atoms with Crippen LogP contribution in [0.3, 0.4) is 0 Å². The number of para-hydroxylation sites is 1. The number of aromatic hydroxyl groups is 1. The van der Waals surface area contributed by atoms with E-state index in [2.05, 4.69) is 10.2 Å².